The first-order valence-electron chi connectivity index (χ1n) is 5.47. The summed E-state index contributed by atoms with van der Waals surface area (Å²) in [6.45, 7) is 3.86. The average Bonchev–Trinajstić information content (AvgIpc) is 2.65. The molecule has 0 amide bonds. The number of benzene rings is 1. The van der Waals surface area contributed by atoms with Gasteiger partial charge >= 0.3 is 0 Å². The predicted molar refractivity (Wildman–Crippen MR) is 64.9 cm³/mol. The Labute approximate surface area is 96.1 Å². The van der Waals surface area contributed by atoms with Crippen molar-refractivity contribution in [1.82, 2.24) is 14.9 Å². The molecule has 0 atom stereocenters. The Morgan fingerprint density at radius 3 is 2.88 bits per heavy atom. The molecule has 0 aliphatic heterocycles. The van der Waals surface area contributed by atoms with Crippen molar-refractivity contribution in [3.05, 3.63) is 53.6 Å². The summed E-state index contributed by atoms with van der Waals surface area (Å²) in [6.07, 6.45) is 3.72. The van der Waals surface area contributed by atoms with E-state index in [0.29, 0.717) is 0 Å². The van der Waals surface area contributed by atoms with Gasteiger partial charge in [0.05, 0.1) is 12.0 Å². The van der Waals surface area contributed by atoms with Crippen molar-refractivity contribution < 1.29 is 0 Å². The zero-order chi connectivity index (χ0) is 11.4. The monoisotopic (exact) mass is 215 g/mol. The van der Waals surface area contributed by atoms with Gasteiger partial charge in [-0.3, -0.25) is 0 Å². The number of rotatable bonds is 4. The summed E-state index contributed by atoms with van der Waals surface area (Å²) in [5.41, 5.74) is 3.83. The molecule has 3 nitrogen and oxygen atoms in total. The molecule has 2 aromatic rings. The number of imidazole rings is 1. The van der Waals surface area contributed by atoms with E-state index in [2.05, 4.69) is 41.5 Å². The maximum atomic E-state index is 4.08. The summed E-state index contributed by atoms with van der Waals surface area (Å²) < 4.78 is 2.03. The van der Waals surface area contributed by atoms with Gasteiger partial charge < -0.3 is 9.88 Å². The summed E-state index contributed by atoms with van der Waals surface area (Å²) in [5.74, 6) is 0. The molecule has 3 heteroatoms. The molecule has 2 rings (SSSR count). The normalized spacial score (nSPS) is 10.6. The van der Waals surface area contributed by atoms with E-state index in [0.717, 1.165) is 13.1 Å². The van der Waals surface area contributed by atoms with Crippen molar-refractivity contribution in [3.8, 4) is 0 Å². The summed E-state index contributed by atoms with van der Waals surface area (Å²) in [4.78, 5) is 4.08. The molecule has 1 aromatic heterocycles. The van der Waals surface area contributed by atoms with Crippen LogP contribution in [0.1, 0.15) is 16.8 Å². The van der Waals surface area contributed by atoms with E-state index in [9.17, 15) is 0 Å². The molecule has 1 heterocycles. The van der Waals surface area contributed by atoms with Gasteiger partial charge in [-0.25, -0.2) is 4.98 Å². The number of nitrogens with one attached hydrogen (secondary N) is 1. The van der Waals surface area contributed by atoms with Crippen LogP contribution in [0.5, 0.6) is 0 Å². The van der Waals surface area contributed by atoms with E-state index >= 15 is 0 Å². The third-order valence-corrected chi connectivity index (χ3v) is 2.63. The minimum Gasteiger partial charge on any atom is -0.337 e. The van der Waals surface area contributed by atoms with Crippen molar-refractivity contribution in [2.75, 3.05) is 0 Å². The molecule has 84 valence electrons. The third kappa shape index (κ3) is 2.70. The van der Waals surface area contributed by atoms with Gasteiger partial charge in [0.25, 0.3) is 0 Å². The number of aryl methyl sites for hydroxylation is 2. The molecule has 16 heavy (non-hydrogen) atoms. The molecule has 0 saturated carbocycles. The highest BCUT2D eigenvalue weighted by Gasteiger charge is 1.97. The van der Waals surface area contributed by atoms with Crippen LogP contribution in [0.25, 0.3) is 0 Å². The van der Waals surface area contributed by atoms with Crippen molar-refractivity contribution in [3.63, 3.8) is 0 Å². The van der Waals surface area contributed by atoms with Crippen LogP contribution < -0.4 is 5.32 Å². The van der Waals surface area contributed by atoms with Gasteiger partial charge in [0, 0.05) is 26.3 Å². The van der Waals surface area contributed by atoms with E-state index in [1.165, 1.54) is 16.8 Å². The topological polar surface area (TPSA) is 29.9 Å². The van der Waals surface area contributed by atoms with Crippen LogP contribution in [-0.4, -0.2) is 9.55 Å². The summed E-state index contributed by atoms with van der Waals surface area (Å²) in [5, 5.41) is 3.41. The van der Waals surface area contributed by atoms with Gasteiger partial charge in [0.1, 0.15) is 0 Å². The highest BCUT2D eigenvalue weighted by molar-refractivity contribution is 5.22. The number of hydrogen-bond donors (Lipinski definition) is 1. The molecule has 0 aliphatic rings. The lowest BCUT2D eigenvalue weighted by Crippen LogP contribution is -2.14. The van der Waals surface area contributed by atoms with E-state index in [4.69, 9.17) is 0 Å². The Morgan fingerprint density at radius 2 is 2.19 bits per heavy atom. The minimum absolute atomic E-state index is 0.852. The number of hydrogen-bond acceptors (Lipinski definition) is 2. The number of aromatic nitrogens is 2. The fourth-order valence-electron chi connectivity index (χ4n) is 1.71. The summed E-state index contributed by atoms with van der Waals surface area (Å²) in [7, 11) is 2.01. The quantitative estimate of drug-likeness (QED) is 0.845. The van der Waals surface area contributed by atoms with Crippen molar-refractivity contribution in [1.29, 1.82) is 0 Å². The van der Waals surface area contributed by atoms with E-state index in [-0.39, 0.29) is 0 Å². The zero-order valence-electron chi connectivity index (χ0n) is 9.77. The summed E-state index contributed by atoms with van der Waals surface area (Å²) >= 11 is 0. The maximum Gasteiger partial charge on any atom is 0.0945 e. The van der Waals surface area contributed by atoms with E-state index in [1.54, 1.807) is 0 Å². The van der Waals surface area contributed by atoms with Crippen LogP contribution in [0.4, 0.5) is 0 Å². The molecule has 1 aromatic carbocycles. The fourth-order valence-corrected chi connectivity index (χ4v) is 1.71. The zero-order valence-corrected chi connectivity index (χ0v) is 9.77. The Bertz CT molecular complexity index is 460. The standard InChI is InChI=1S/C13H17N3/c1-11-4-3-5-12(6-11)7-14-8-13-9-15-10-16(13)2/h3-6,9-10,14H,7-8H2,1-2H3. The van der Waals surface area contributed by atoms with Gasteiger partial charge in [0.15, 0.2) is 0 Å². The largest absolute Gasteiger partial charge is 0.337 e. The second-order valence-electron chi connectivity index (χ2n) is 4.09. The fraction of sp³-hybridized carbons (Fsp3) is 0.308. The Hall–Kier alpha value is -1.61. The van der Waals surface area contributed by atoms with Gasteiger partial charge in [-0.05, 0) is 12.5 Å². The van der Waals surface area contributed by atoms with Crippen molar-refractivity contribution in [2.24, 2.45) is 7.05 Å². The summed E-state index contributed by atoms with van der Waals surface area (Å²) in [6, 6.07) is 8.56. The van der Waals surface area contributed by atoms with Crippen molar-refractivity contribution >= 4 is 0 Å². The van der Waals surface area contributed by atoms with Crippen LogP contribution >= 0.6 is 0 Å². The van der Waals surface area contributed by atoms with E-state index < -0.39 is 0 Å². The highest BCUT2D eigenvalue weighted by atomic mass is 15.0. The second kappa shape index (κ2) is 4.94. The van der Waals surface area contributed by atoms with Crippen LogP contribution in [0, 0.1) is 6.92 Å². The molecule has 0 bridgehead atoms. The average molecular weight is 215 g/mol. The van der Waals surface area contributed by atoms with Crippen LogP contribution in [0.15, 0.2) is 36.8 Å². The molecule has 0 aliphatic carbocycles. The van der Waals surface area contributed by atoms with Gasteiger partial charge in [-0.15, -0.1) is 0 Å². The first kappa shape index (κ1) is 10.9. The first-order valence-corrected chi connectivity index (χ1v) is 5.47. The molecule has 0 unspecified atom stereocenters. The molecule has 0 radical (unpaired) electrons. The lowest BCUT2D eigenvalue weighted by molar-refractivity contribution is 0.655. The highest BCUT2D eigenvalue weighted by Crippen LogP contribution is 2.04. The molecule has 0 fully saturated rings. The molecule has 0 saturated heterocycles. The lowest BCUT2D eigenvalue weighted by atomic mass is 10.1. The maximum absolute atomic E-state index is 4.08. The smallest absolute Gasteiger partial charge is 0.0945 e. The van der Waals surface area contributed by atoms with Crippen LogP contribution in [0.3, 0.4) is 0 Å². The molecule has 1 N–H and O–H groups in total. The van der Waals surface area contributed by atoms with Gasteiger partial charge in [-0.2, -0.15) is 0 Å². The number of nitrogens with zero attached hydrogens (tertiary/aromatic N) is 2. The van der Waals surface area contributed by atoms with Gasteiger partial charge in [0.2, 0.25) is 0 Å². The lowest BCUT2D eigenvalue weighted by Gasteiger charge is -2.06. The van der Waals surface area contributed by atoms with Crippen LogP contribution in [0.2, 0.25) is 0 Å². The van der Waals surface area contributed by atoms with Crippen LogP contribution in [-0.2, 0) is 20.1 Å². The second-order valence-corrected chi connectivity index (χ2v) is 4.09. The predicted octanol–water partition coefficient (Wildman–Crippen LogP) is 2.02. The Balaban J connectivity index is 1.87. The Morgan fingerprint density at radius 1 is 1.31 bits per heavy atom. The Kier molecular flexibility index (Phi) is 3.37. The first-order chi connectivity index (χ1) is 7.75. The van der Waals surface area contributed by atoms with Crippen molar-refractivity contribution in [2.45, 2.75) is 20.0 Å². The molecular formula is C13H17N3. The minimum atomic E-state index is 0.852. The molecular weight excluding hydrogens is 198 g/mol. The third-order valence-electron chi connectivity index (χ3n) is 2.63. The van der Waals surface area contributed by atoms with Gasteiger partial charge in [-0.1, -0.05) is 29.8 Å². The molecule has 0 spiro atoms. The SMILES string of the molecule is Cc1cccc(CNCc2cncn2C)c1. The van der Waals surface area contributed by atoms with E-state index in [1.807, 2.05) is 24.1 Å².